The number of para-hydroxylation sites is 1. The van der Waals surface area contributed by atoms with E-state index in [1.165, 1.54) is 12.1 Å². The fourth-order valence-corrected chi connectivity index (χ4v) is 3.06. The molecule has 6 nitrogen and oxygen atoms in total. The lowest BCUT2D eigenvalue weighted by Crippen LogP contribution is -2.52. The minimum absolute atomic E-state index is 0.128. The van der Waals surface area contributed by atoms with Gasteiger partial charge in [-0.05, 0) is 30.9 Å². The Morgan fingerprint density at radius 2 is 1.81 bits per heavy atom. The Morgan fingerprint density at radius 3 is 2.42 bits per heavy atom. The standard InChI is InChI=1S/C20H33N5O/c1-17(2)8-7-11-22-20(21-3)23-16-19(26)25-14-12-24(13-15-25)18-9-5-4-6-10-18/h4-6,9-10,17H,7-8,11-16H2,1-3H3,(H2,21,22,23). The summed E-state index contributed by atoms with van der Waals surface area (Å²) in [5.74, 6) is 1.54. The number of rotatable bonds is 7. The SMILES string of the molecule is CN=C(NCCCC(C)C)NCC(=O)N1CCN(c2ccccc2)CC1. The predicted molar refractivity (Wildman–Crippen MR) is 109 cm³/mol. The highest BCUT2D eigenvalue weighted by Crippen LogP contribution is 2.15. The van der Waals surface area contributed by atoms with Gasteiger partial charge in [-0.1, -0.05) is 32.0 Å². The van der Waals surface area contributed by atoms with Gasteiger partial charge in [-0.25, -0.2) is 0 Å². The van der Waals surface area contributed by atoms with Crippen LogP contribution in [0.5, 0.6) is 0 Å². The van der Waals surface area contributed by atoms with E-state index in [4.69, 9.17) is 0 Å². The number of guanidine groups is 1. The number of benzene rings is 1. The van der Waals surface area contributed by atoms with Crippen molar-refractivity contribution in [2.75, 3.05) is 51.2 Å². The Hall–Kier alpha value is -2.24. The summed E-state index contributed by atoms with van der Waals surface area (Å²) in [4.78, 5) is 20.9. The van der Waals surface area contributed by atoms with Crippen molar-refractivity contribution in [3.63, 3.8) is 0 Å². The first-order chi connectivity index (χ1) is 12.6. The van der Waals surface area contributed by atoms with Crippen LogP contribution in [0, 0.1) is 5.92 Å². The van der Waals surface area contributed by atoms with E-state index in [1.54, 1.807) is 7.05 Å². The van der Waals surface area contributed by atoms with Crippen molar-refractivity contribution in [1.82, 2.24) is 15.5 Å². The van der Waals surface area contributed by atoms with E-state index in [9.17, 15) is 4.79 Å². The maximum absolute atomic E-state index is 12.4. The first kappa shape index (κ1) is 20.1. The van der Waals surface area contributed by atoms with Crippen molar-refractivity contribution in [3.8, 4) is 0 Å². The molecule has 0 bridgehead atoms. The van der Waals surface area contributed by atoms with Gasteiger partial charge in [-0.15, -0.1) is 0 Å². The number of nitrogens with zero attached hydrogens (tertiary/aromatic N) is 3. The van der Waals surface area contributed by atoms with Gasteiger partial charge in [0.15, 0.2) is 5.96 Å². The lowest BCUT2D eigenvalue weighted by atomic mass is 10.1. The number of carbonyl (C=O) groups excluding carboxylic acids is 1. The summed E-state index contributed by atoms with van der Waals surface area (Å²) in [7, 11) is 1.74. The molecule has 1 aliphatic rings. The van der Waals surface area contributed by atoms with Gasteiger partial charge in [0.2, 0.25) is 5.91 Å². The van der Waals surface area contributed by atoms with Gasteiger partial charge in [0, 0.05) is 45.5 Å². The van der Waals surface area contributed by atoms with Gasteiger partial charge in [0.1, 0.15) is 0 Å². The molecule has 0 atom stereocenters. The highest BCUT2D eigenvalue weighted by atomic mass is 16.2. The van der Waals surface area contributed by atoms with E-state index in [2.05, 4.69) is 58.6 Å². The highest BCUT2D eigenvalue weighted by Gasteiger charge is 2.21. The average molecular weight is 360 g/mol. The molecule has 0 aromatic heterocycles. The predicted octanol–water partition coefficient (Wildman–Crippen LogP) is 1.94. The molecule has 6 heteroatoms. The maximum Gasteiger partial charge on any atom is 0.242 e. The van der Waals surface area contributed by atoms with Crippen LogP contribution >= 0.6 is 0 Å². The Balaban J connectivity index is 1.68. The summed E-state index contributed by atoms with van der Waals surface area (Å²) in [6, 6.07) is 10.4. The summed E-state index contributed by atoms with van der Waals surface area (Å²) < 4.78 is 0. The Morgan fingerprint density at radius 1 is 1.12 bits per heavy atom. The van der Waals surface area contributed by atoms with Crippen molar-refractivity contribution >= 4 is 17.6 Å². The van der Waals surface area contributed by atoms with Crippen molar-refractivity contribution < 1.29 is 4.79 Å². The van der Waals surface area contributed by atoms with Crippen molar-refractivity contribution in [2.24, 2.45) is 10.9 Å². The van der Waals surface area contributed by atoms with E-state index < -0.39 is 0 Å². The molecule has 1 aliphatic heterocycles. The largest absolute Gasteiger partial charge is 0.368 e. The Bertz CT molecular complexity index is 565. The van der Waals surface area contributed by atoms with Crippen LogP contribution in [0.2, 0.25) is 0 Å². The number of piperazine rings is 1. The van der Waals surface area contributed by atoms with Crippen LogP contribution in [0.3, 0.4) is 0 Å². The second-order valence-electron chi connectivity index (χ2n) is 7.09. The number of amides is 1. The summed E-state index contributed by atoms with van der Waals surface area (Å²) in [6.45, 7) is 8.88. The molecular formula is C20H33N5O. The zero-order chi connectivity index (χ0) is 18.8. The van der Waals surface area contributed by atoms with Crippen LogP contribution in [-0.4, -0.2) is 63.1 Å². The van der Waals surface area contributed by atoms with Crippen LogP contribution in [0.15, 0.2) is 35.3 Å². The van der Waals surface area contributed by atoms with E-state index in [-0.39, 0.29) is 12.5 Å². The number of aliphatic imine (C=N–C) groups is 1. The molecule has 1 amide bonds. The van der Waals surface area contributed by atoms with Crippen LogP contribution in [-0.2, 0) is 4.79 Å². The molecule has 1 fully saturated rings. The first-order valence-electron chi connectivity index (χ1n) is 9.62. The van der Waals surface area contributed by atoms with E-state index in [0.29, 0.717) is 11.9 Å². The number of nitrogens with one attached hydrogen (secondary N) is 2. The molecule has 2 N–H and O–H groups in total. The summed E-state index contributed by atoms with van der Waals surface area (Å²) in [6.07, 6.45) is 2.29. The van der Waals surface area contributed by atoms with Gasteiger partial charge in [-0.2, -0.15) is 0 Å². The highest BCUT2D eigenvalue weighted by molar-refractivity contribution is 5.86. The lowest BCUT2D eigenvalue weighted by Gasteiger charge is -2.36. The molecule has 144 valence electrons. The van der Waals surface area contributed by atoms with Gasteiger partial charge in [0.05, 0.1) is 6.54 Å². The fraction of sp³-hybridized carbons (Fsp3) is 0.600. The molecule has 0 radical (unpaired) electrons. The number of hydrogen-bond acceptors (Lipinski definition) is 3. The van der Waals surface area contributed by atoms with Crippen molar-refractivity contribution in [2.45, 2.75) is 26.7 Å². The molecule has 2 rings (SSSR count). The molecule has 1 heterocycles. The van der Waals surface area contributed by atoms with Crippen LogP contribution in [0.4, 0.5) is 5.69 Å². The summed E-state index contributed by atoms with van der Waals surface area (Å²) in [5, 5.41) is 6.40. The number of anilines is 1. The molecule has 0 spiro atoms. The lowest BCUT2D eigenvalue weighted by molar-refractivity contribution is -0.130. The quantitative estimate of drug-likeness (QED) is 0.444. The normalized spacial score (nSPS) is 15.3. The molecule has 0 unspecified atom stereocenters. The minimum Gasteiger partial charge on any atom is -0.368 e. The summed E-state index contributed by atoms with van der Waals surface area (Å²) in [5.41, 5.74) is 1.23. The third-order valence-corrected chi connectivity index (χ3v) is 4.64. The monoisotopic (exact) mass is 359 g/mol. The van der Waals surface area contributed by atoms with E-state index in [0.717, 1.165) is 39.1 Å². The van der Waals surface area contributed by atoms with Crippen molar-refractivity contribution in [3.05, 3.63) is 30.3 Å². The van der Waals surface area contributed by atoms with E-state index >= 15 is 0 Å². The zero-order valence-corrected chi connectivity index (χ0v) is 16.4. The molecule has 26 heavy (non-hydrogen) atoms. The number of hydrogen-bond donors (Lipinski definition) is 2. The minimum atomic E-state index is 0.128. The van der Waals surface area contributed by atoms with Gasteiger partial charge in [0.25, 0.3) is 0 Å². The molecule has 1 saturated heterocycles. The third-order valence-electron chi connectivity index (χ3n) is 4.64. The van der Waals surface area contributed by atoms with Gasteiger partial charge < -0.3 is 20.4 Å². The smallest absolute Gasteiger partial charge is 0.242 e. The Kier molecular flexibility index (Phi) is 8.25. The second-order valence-corrected chi connectivity index (χ2v) is 7.09. The van der Waals surface area contributed by atoms with Gasteiger partial charge in [-0.3, -0.25) is 9.79 Å². The summed E-state index contributed by atoms with van der Waals surface area (Å²) >= 11 is 0. The molecule has 0 saturated carbocycles. The average Bonchev–Trinajstić information content (AvgIpc) is 2.68. The molecular weight excluding hydrogens is 326 g/mol. The molecule has 0 aliphatic carbocycles. The number of carbonyl (C=O) groups is 1. The fourth-order valence-electron chi connectivity index (χ4n) is 3.06. The second kappa shape index (κ2) is 10.7. The molecule has 1 aromatic rings. The van der Waals surface area contributed by atoms with Crippen LogP contribution in [0.1, 0.15) is 26.7 Å². The van der Waals surface area contributed by atoms with Crippen molar-refractivity contribution in [1.29, 1.82) is 0 Å². The first-order valence-corrected chi connectivity index (χ1v) is 9.62. The van der Waals surface area contributed by atoms with Gasteiger partial charge >= 0.3 is 0 Å². The molecule has 1 aromatic carbocycles. The van der Waals surface area contributed by atoms with Crippen LogP contribution in [0.25, 0.3) is 0 Å². The zero-order valence-electron chi connectivity index (χ0n) is 16.4. The Labute approximate surface area is 157 Å². The van der Waals surface area contributed by atoms with E-state index in [1.807, 2.05) is 11.0 Å². The topological polar surface area (TPSA) is 60.0 Å². The maximum atomic E-state index is 12.4. The third kappa shape index (κ3) is 6.58. The van der Waals surface area contributed by atoms with Crippen LogP contribution < -0.4 is 15.5 Å².